The van der Waals surface area contributed by atoms with Gasteiger partial charge in [0.2, 0.25) is 0 Å². The molecule has 0 aliphatic rings. The average molecular weight is 311 g/mol. The van der Waals surface area contributed by atoms with Gasteiger partial charge in [-0.2, -0.15) is 0 Å². The Labute approximate surface area is 133 Å². The number of amides is 2. The van der Waals surface area contributed by atoms with Crippen LogP contribution in [0.15, 0.2) is 24.3 Å². The van der Waals surface area contributed by atoms with Gasteiger partial charge in [0.25, 0.3) is 0 Å². The van der Waals surface area contributed by atoms with Crippen LogP contribution in [0.1, 0.15) is 51.5 Å². The minimum Gasteiger partial charge on any atom is -0.334 e. The van der Waals surface area contributed by atoms with Crippen LogP contribution in [-0.2, 0) is 6.42 Å². The molecule has 0 fully saturated rings. The van der Waals surface area contributed by atoms with Crippen LogP contribution in [0.4, 0.5) is 10.5 Å². The zero-order valence-corrected chi connectivity index (χ0v) is 13.9. The highest BCUT2D eigenvalue weighted by atomic mass is 35.5. The molecule has 4 heteroatoms. The highest BCUT2D eigenvalue weighted by molar-refractivity contribution is 6.18. The summed E-state index contributed by atoms with van der Waals surface area (Å²) in [6.07, 6.45) is 7.59. The van der Waals surface area contributed by atoms with E-state index < -0.39 is 0 Å². The van der Waals surface area contributed by atoms with Crippen LogP contribution in [0.5, 0.6) is 0 Å². The molecule has 0 aromatic heterocycles. The molecular formula is C17H27ClN2O. The number of aryl methyl sites for hydroxylation is 1. The molecule has 1 atom stereocenters. The molecule has 1 aromatic rings. The highest BCUT2D eigenvalue weighted by Crippen LogP contribution is 2.13. The summed E-state index contributed by atoms with van der Waals surface area (Å²) in [5, 5.41) is 5.57. The minimum absolute atomic E-state index is 0.0333. The van der Waals surface area contributed by atoms with Crippen LogP contribution < -0.4 is 10.6 Å². The van der Waals surface area contributed by atoms with E-state index in [4.69, 9.17) is 11.6 Å². The van der Waals surface area contributed by atoms with E-state index in [-0.39, 0.29) is 12.1 Å². The van der Waals surface area contributed by atoms with E-state index in [1.54, 1.807) is 0 Å². The molecule has 1 unspecified atom stereocenters. The summed E-state index contributed by atoms with van der Waals surface area (Å²) in [5.41, 5.74) is 2.13. The fourth-order valence-electron chi connectivity index (χ4n) is 2.12. The Morgan fingerprint density at radius 1 is 1.14 bits per heavy atom. The first kappa shape index (κ1) is 17.8. The van der Waals surface area contributed by atoms with Crippen molar-refractivity contribution in [2.45, 2.75) is 58.4 Å². The second-order valence-corrected chi connectivity index (χ2v) is 5.82. The fraction of sp³-hybridized carbons (Fsp3) is 0.588. The lowest BCUT2D eigenvalue weighted by atomic mass is 10.1. The molecule has 0 spiro atoms. The second-order valence-electron chi connectivity index (χ2n) is 5.51. The lowest BCUT2D eigenvalue weighted by Crippen LogP contribution is -2.37. The predicted molar refractivity (Wildman–Crippen MR) is 91.2 cm³/mol. The topological polar surface area (TPSA) is 41.1 Å². The van der Waals surface area contributed by atoms with E-state index in [9.17, 15) is 4.79 Å². The number of rotatable bonds is 9. The molecule has 0 heterocycles. The SMILES string of the molecule is CCCCCCCc1ccc(NC(=O)NC(C)CCl)cc1. The van der Waals surface area contributed by atoms with Crippen LogP contribution in [0, 0.1) is 0 Å². The van der Waals surface area contributed by atoms with Gasteiger partial charge in [-0.1, -0.05) is 44.7 Å². The zero-order chi connectivity index (χ0) is 15.5. The van der Waals surface area contributed by atoms with Crippen LogP contribution >= 0.6 is 11.6 Å². The number of unbranched alkanes of at least 4 members (excludes halogenated alkanes) is 4. The van der Waals surface area contributed by atoms with Crippen molar-refractivity contribution in [3.8, 4) is 0 Å². The number of hydrogen-bond donors (Lipinski definition) is 2. The summed E-state index contributed by atoms with van der Waals surface area (Å²) in [6.45, 7) is 4.10. The van der Waals surface area contributed by atoms with Gasteiger partial charge in [-0.15, -0.1) is 11.6 Å². The Bertz CT molecular complexity index is 406. The van der Waals surface area contributed by atoms with Crippen LogP contribution in [0.2, 0.25) is 0 Å². The van der Waals surface area contributed by atoms with Crippen molar-refractivity contribution in [2.24, 2.45) is 0 Å². The van der Waals surface area contributed by atoms with Crippen LogP contribution in [-0.4, -0.2) is 18.0 Å². The molecule has 0 radical (unpaired) electrons. The largest absolute Gasteiger partial charge is 0.334 e. The maximum atomic E-state index is 11.7. The first-order valence-electron chi connectivity index (χ1n) is 7.88. The molecule has 1 aromatic carbocycles. The lowest BCUT2D eigenvalue weighted by Gasteiger charge is -2.12. The third kappa shape index (κ3) is 7.96. The Morgan fingerprint density at radius 3 is 2.43 bits per heavy atom. The standard InChI is InChI=1S/C17H27ClN2O/c1-3-4-5-6-7-8-15-9-11-16(12-10-15)20-17(21)19-14(2)13-18/h9-12,14H,3-8,13H2,1-2H3,(H2,19,20,21). The number of hydrogen-bond acceptors (Lipinski definition) is 1. The Balaban J connectivity index is 2.31. The fourth-order valence-corrected chi connectivity index (χ4v) is 2.19. The van der Waals surface area contributed by atoms with Crippen LogP contribution in [0.3, 0.4) is 0 Å². The quantitative estimate of drug-likeness (QED) is 0.492. The lowest BCUT2D eigenvalue weighted by molar-refractivity contribution is 0.250. The van der Waals surface area contributed by atoms with Gasteiger partial charge in [0, 0.05) is 17.6 Å². The number of halogens is 1. The number of anilines is 1. The van der Waals surface area contributed by atoms with Crippen molar-refractivity contribution in [3.05, 3.63) is 29.8 Å². The van der Waals surface area contributed by atoms with E-state index in [1.165, 1.54) is 37.7 Å². The van der Waals surface area contributed by atoms with Crippen molar-refractivity contribution < 1.29 is 4.79 Å². The van der Waals surface area contributed by atoms with Crippen molar-refractivity contribution >= 4 is 23.3 Å². The molecule has 0 saturated heterocycles. The molecule has 21 heavy (non-hydrogen) atoms. The van der Waals surface area contributed by atoms with Gasteiger partial charge in [0.1, 0.15) is 0 Å². The summed E-state index contributed by atoms with van der Waals surface area (Å²) in [7, 11) is 0. The third-order valence-electron chi connectivity index (χ3n) is 3.39. The monoisotopic (exact) mass is 310 g/mol. The number of carbonyl (C=O) groups excluding carboxylic acids is 1. The van der Waals surface area contributed by atoms with E-state index in [0.717, 1.165) is 12.1 Å². The van der Waals surface area contributed by atoms with Crippen molar-refractivity contribution in [3.63, 3.8) is 0 Å². The molecule has 118 valence electrons. The van der Waals surface area contributed by atoms with E-state index in [2.05, 4.69) is 29.7 Å². The third-order valence-corrected chi connectivity index (χ3v) is 3.85. The van der Waals surface area contributed by atoms with Crippen molar-refractivity contribution in [2.75, 3.05) is 11.2 Å². The van der Waals surface area contributed by atoms with Gasteiger partial charge in [-0.25, -0.2) is 4.79 Å². The summed E-state index contributed by atoms with van der Waals surface area (Å²) in [5.74, 6) is 0.407. The molecule has 3 nitrogen and oxygen atoms in total. The number of urea groups is 1. The predicted octanol–water partition coefficient (Wildman–Crippen LogP) is 4.95. The molecular weight excluding hydrogens is 284 g/mol. The maximum absolute atomic E-state index is 11.7. The molecule has 2 N–H and O–H groups in total. The van der Waals surface area contributed by atoms with Gasteiger partial charge in [0.15, 0.2) is 0 Å². The molecule has 0 aliphatic carbocycles. The van der Waals surface area contributed by atoms with Crippen molar-refractivity contribution in [1.29, 1.82) is 0 Å². The average Bonchev–Trinajstić information content (AvgIpc) is 2.48. The number of alkyl halides is 1. The number of carbonyl (C=O) groups is 1. The zero-order valence-electron chi connectivity index (χ0n) is 13.1. The minimum atomic E-state index is -0.213. The highest BCUT2D eigenvalue weighted by Gasteiger charge is 2.05. The molecule has 0 bridgehead atoms. The second kappa shape index (κ2) is 10.5. The summed E-state index contributed by atoms with van der Waals surface area (Å²) in [6, 6.07) is 7.82. The summed E-state index contributed by atoms with van der Waals surface area (Å²) < 4.78 is 0. The van der Waals surface area contributed by atoms with Crippen molar-refractivity contribution in [1.82, 2.24) is 5.32 Å². The van der Waals surface area contributed by atoms with Gasteiger partial charge in [0.05, 0.1) is 0 Å². The smallest absolute Gasteiger partial charge is 0.319 e. The Hall–Kier alpha value is -1.22. The molecule has 2 amide bonds. The molecule has 1 rings (SSSR count). The summed E-state index contributed by atoms with van der Waals surface area (Å²) in [4.78, 5) is 11.7. The van der Waals surface area contributed by atoms with E-state index in [1.807, 2.05) is 19.1 Å². The summed E-state index contributed by atoms with van der Waals surface area (Å²) >= 11 is 5.66. The van der Waals surface area contributed by atoms with Gasteiger partial charge in [-0.3, -0.25) is 0 Å². The number of benzene rings is 1. The Kier molecular flexibility index (Phi) is 8.91. The van der Waals surface area contributed by atoms with Crippen LogP contribution in [0.25, 0.3) is 0 Å². The van der Waals surface area contributed by atoms with Gasteiger partial charge < -0.3 is 10.6 Å². The van der Waals surface area contributed by atoms with E-state index >= 15 is 0 Å². The molecule has 0 saturated carbocycles. The number of nitrogens with one attached hydrogen (secondary N) is 2. The maximum Gasteiger partial charge on any atom is 0.319 e. The first-order valence-corrected chi connectivity index (χ1v) is 8.41. The normalized spacial score (nSPS) is 12.0. The van der Waals surface area contributed by atoms with Gasteiger partial charge >= 0.3 is 6.03 Å². The molecule has 0 aliphatic heterocycles. The first-order chi connectivity index (χ1) is 10.2. The van der Waals surface area contributed by atoms with Gasteiger partial charge in [-0.05, 0) is 37.5 Å². The Morgan fingerprint density at radius 2 is 1.81 bits per heavy atom. The van der Waals surface area contributed by atoms with E-state index in [0.29, 0.717) is 5.88 Å².